The highest BCUT2D eigenvalue weighted by Gasteiger charge is 2.04. The van der Waals surface area contributed by atoms with Crippen molar-refractivity contribution in [1.29, 1.82) is 0 Å². The van der Waals surface area contributed by atoms with Crippen molar-refractivity contribution in [2.24, 2.45) is 5.14 Å². The maximum absolute atomic E-state index is 11.0. The number of aliphatic carboxylic acids is 1. The molecule has 0 saturated carbocycles. The van der Waals surface area contributed by atoms with Gasteiger partial charge >= 0.3 is 12.0 Å². The zero-order valence-corrected chi connectivity index (χ0v) is 9.42. The maximum atomic E-state index is 11.0. The van der Waals surface area contributed by atoms with Crippen LogP contribution in [0.5, 0.6) is 0 Å². The van der Waals surface area contributed by atoms with Gasteiger partial charge in [-0.2, -0.15) is 0 Å². The zero-order valence-electron chi connectivity index (χ0n) is 8.60. The number of amides is 2. The Balaban J connectivity index is 3.49. The summed E-state index contributed by atoms with van der Waals surface area (Å²) in [5.41, 5.74) is 0. The van der Waals surface area contributed by atoms with Crippen molar-refractivity contribution in [2.45, 2.75) is 12.8 Å². The van der Waals surface area contributed by atoms with Gasteiger partial charge in [-0.05, 0) is 6.42 Å². The van der Waals surface area contributed by atoms with E-state index < -0.39 is 22.0 Å². The minimum atomic E-state index is -3.58. The molecule has 0 spiro atoms. The van der Waals surface area contributed by atoms with Crippen LogP contribution in [-0.4, -0.2) is 44.4 Å². The Morgan fingerprint density at radius 1 is 1.19 bits per heavy atom. The number of hydrogen-bond acceptors (Lipinski definition) is 4. The Kier molecular flexibility index (Phi) is 6.42. The predicted octanol–water partition coefficient (Wildman–Crippen LogP) is -1.56. The number of carboxylic acids is 1. The highest BCUT2D eigenvalue weighted by molar-refractivity contribution is 7.89. The molecule has 0 aliphatic carbocycles. The van der Waals surface area contributed by atoms with Crippen molar-refractivity contribution in [3.05, 3.63) is 0 Å². The fraction of sp³-hybridized carbons (Fsp3) is 0.714. The number of nitrogens with two attached hydrogens (primary N) is 1. The molecule has 0 heterocycles. The number of carbonyl (C=O) groups is 2. The van der Waals surface area contributed by atoms with E-state index in [4.69, 9.17) is 10.2 Å². The molecule has 0 saturated heterocycles. The monoisotopic (exact) mass is 253 g/mol. The number of carboxylic acid groups (broad SMARTS) is 1. The molecule has 16 heavy (non-hydrogen) atoms. The van der Waals surface area contributed by atoms with Gasteiger partial charge < -0.3 is 15.7 Å². The molecular weight excluding hydrogens is 238 g/mol. The second-order valence-electron chi connectivity index (χ2n) is 3.05. The van der Waals surface area contributed by atoms with Crippen LogP contribution in [0.4, 0.5) is 4.79 Å². The van der Waals surface area contributed by atoms with E-state index in [1.807, 2.05) is 0 Å². The summed E-state index contributed by atoms with van der Waals surface area (Å²) >= 11 is 0. The lowest BCUT2D eigenvalue weighted by molar-refractivity contribution is -0.137. The molecule has 94 valence electrons. The minimum absolute atomic E-state index is 0.0303. The summed E-state index contributed by atoms with van der Waals surface area (Å²) in [6, 6.07) is -0.547. The number of carbonyl (C=O) groups excluding carboxylic acids is 1. The topological polar surface area (TPSA) is 139 Å². The molecule has 9 heteroatoms. The van der Waals surface area contributed by atoms with Crippen molar-refractivity contribution >= 4 is 22.0 Å². The van der Waals surface area contributed by atoms with Crippen LogP contribution in [0, 0.1) is 0 Å². The summed E-state index contributed by atoms with van der Waals surface area (Å²) in [6.07, 6.45) is 0.287. The number of rotatable bonds is 7. The fourth-order valence-corrected chi connectivity index (χ4v) is 1.20. The number of sulfonamides is 1. The van der Waals surface area contributed by atoms with E-state index in [1.165, 1.54) is 0 Å². The van der Waals surface area contributed by atoms with Gasteiger partial charge in [0.2, 0.25) is 10.0 Å². The van der Waals surface area contributed by atoms with Gasteiger partial charge in [-0.1, -0.05) is 0 Å². The van der Waals surface area contributed by atoms with Crippen LogP contribution < -0.4 is 15.8 Å². The molecule has 0 aromatic heterocycles. The summed E-state index contributed by atoms with van der Waals surface area (Å²) in [7, 11) is -3.58. The molecule has 0 aromatic carbocycles. The highest BCUT2D eigenvalue weighted by atomic mass is 32.2. The molecule has 0 rings (SSSR count). The molecule has 0 bridgehead atoms. The SMILES string of the molecule is NS(=O)(=O)CCNC(=O)NCCCC(=O)O. The Bertz CT molecular complexity index is 340. The van der Waals surface area contributed by atoms with Gasteiger partial charge in [0.25, 0.3) is 0 Å². The minimum Gasteiger partial charge on any atom is -0.481 e. The third kappa shape index (κ3) is 10.7. The summed E-state index contributed by atoms with van der Waals surface area (Å²) in [5, 5.41) is 17.7. The molecule has 0 aliphatic rings. The lowest BCUT2D eigenvalue weighted by atomic mass is 10.3. The van der Waals surface area contributed by atoms with Crippen LogP contribution in [0.25, 0.3) is 0 Å². The van der Waals surface area contributed by atoms with E-state index in [0.29, 0.717) is 6.42 Å². The van der Waals surface area contributed by atoms with Crippen LogP contribution in [-0.2, 0) is 14.8 Å². The Morgan fingerprint density at radius 2 is 1.75 bits per heavy atom. The van der Waals surface area contributed by atoms with Crippen molar-refractivity contribution < 1.29 is 23.1 Å². The third-order valence-electron chi connectivity index (χ3n) is 1.53. The first-order valence-corrected chi connectivity index (χ1v) is 6.27. The third-order valence-corrected chi connectivity index (χ3v) is 2.30. The first-order chi connectivity index (χ1) is 7.31. The summed E-state index contributed by atoms with van der Waals surface area (Å²) < 4.78 is 21.0. The maximum Gasteiger partial charge on any atom is 0.314 e. The van der Waals surface area contributed by atoms with E-state index in [2.05, 4.69) is 10.6 Å². The number of hydrogen-bond donors (Lipinski definition) is 4. The fourth-order valence-electron chi connectivity index (χ4n) is 0.811. The van der Waals surface area contributed by atoms with Crippen LogP contribution in [0.3, 0.4) is 0 Å². The molecule has 0 aliphatic heterocycles. The summed E-state index contributed by atoms with van der Waals surface area (Å²) in [6.45, 7) is 0.136. The number of nitrogens with one attached hydrogen (secondary N) is 2. The van der Waals surface area contributed by atoms with Crippen molar-refractivity contribution in [1.82, 2.24) is 10.6 Å². The van der Waals surface area contributed by atoms with Gasteiger partial charge in [0, 0.05) is 19.5 Å². The first-order valence-electron chi connectivity index (χ1n) is 4.55. The second-order valence-corrected chi connectivity index (χ2v) is 4.78. The normalized spacial score (nSPS) is 10.8. The second kappa shape index (κ2) is 7.01. The molecular formula is C7H15N3O5S. The van der Waals surface area contributed by atoms with E-state index in [0.717, 1.165) is 0 Å². The number of urea groups is 1. The average Bonchev–Trinajstić information content (AvgIpc) is 2.10. The van der Waals surface area contributed by atoms with E-state index in [-0.39, 0.29) is 25.3 Å². The number of primary sulfonamides is 1. The van der Waals surface area contributed by atoms with E-state index in [9.17, 15) is 18.0 Å². The van der Waals surface area contributed by atoms with E-state index >= 15 is 0 Å². The Morgan fingerprint density at radius 3 is 2.25 bits per heavy atom. The molecule has 5 N–H and O–H groups in total. The lowest BCUT2D eigenvalue weighted by Gasteiger charge is -2.05. The van der Waals surface area contributed by atoms with Gasteiger partial charge in [0.1, 0.15) is 0 Å². The van der Waals surface area contributed by atoms with Crippen molar-refractivity contribution in [2.75, 3.05) is 18.8 Å². The molecule has 2 amide bonds. The predicted molar refractivity (Wildman–Crippen MR) is 56.2 cm³/mol. The van der Waals surface area contributed by atoms with Crippen LogP contribution in [0.15, 0.2) is 0 Å². The quantitative estimate of drug-likeness (QED) is 0.406. The molecule has 0 unspecified atom stereocenters. The van der Waals surface area contributed by atoms with Crippen molar-refractivity contribution in [3.8, 4) is 0 Å². The van der Waals surface area contributed by atoms with Crippen LogP contribution >= 0.6 is 0 Å². The average molecular weight is 253 g/mol. The smallest absolute Gasteiger partial charge is 0.314 e. The highest BCUT2D eigenvalue weighted by Crippen LogP contribution is 1.85. The van der Waals surface area contributed by atoms with Crippen LogP contribution in [0.2, 0.25) is 0 Å². The Labute approximate surface area is 93.2 Å². The molecule has 8 nitrogen and oxygen atoms in total. The molecule has 0 atom stereocenters. The lowest BCUT2D eigenvalue weighted by Crippen LogP contribution is -2.39. The Hall–Kier alpha value is -1.35. The molecule has 0 radical (unpaired) electrons. The van der Waals surface area contributed by atoms with E-state index in [1.54, 1.807) is 0 Å². The van der Waals surface area contributed by atoms with Gasteiger partial charge in [-0.3, -0.25) is 4.79 Å². The molecule has 0 aromatic rings. The van der Waals surface area contributed by atoms with Gasteiger partial charge in [-0.25, -0.2) is 18.4 Å². The summed E-state index contributed by atoms with van der Waals surface area (Å²) in [5.74, 6) is -1.27. The molecule has 0 fully saturated rings. The van der Waals surface area contributed by atoms with Gasteiger partial charge in [0.05, 0.1) is 5.75 Å². The first kappa shape index (κ1) is 14.6. The largest absolute Gasteiger partial charge is 0.481 e. The van der Waals surface area contributed by atoms with Crippen molar-refractivity contribution in [3.63, 3.8) is 0 Å². The van der Waals surface area contributed by atoms with Gasteiger partial charge in [-0.15, -0.1) is 0 Å². The standard InChI is InChI=1S/C7H15N3O5S/c8-16(14,15)5-4-10-7(13)9-3-1-2-6(11)12/h1-5H2,(H,11,12)(H2,8,14,15)(H2,9,10,13). The van der Waals surface area contributed by atoms with Crippen LogP contribution in [0.1, 0.15) is 12.8 Å². The zero-order chi connectivity index (χ0) is 12.6. The summed E-state index contributed by atoms with van der Waals surface area (Å²) in [4.78, 5) is 21.1. The van der Waals surface area contributed by atoms with Gasteiger partial charge in [0.15, 0.2) is 0 Å².